The van der Waals surface area contributed by atoms with Gasteiger partial charge in [0.2, 0.25) is 0 Å². The van der Waals surface area contributed by atoms with Crippen LogP contribution in [-0.4, -0.2) is 42.4 Å². The highest BCUT2D eigenvalue weighted by Gasteiger charge is 2.47. The zero-order valence-electron chi connectivity index (χ0n) is 13.0. The first-order chi connectivity index (χ1) is 9.84. The first-order valence-corrected chi connectivity index (χ1v) is 7.72. The molecule has 5 atom stereocenters. The van der Waals surface area contributed by atoms with E-state index in [-0.39, 0.29) is 25.3 Å². The van der Waals surface area contributed by atoms with Gasteiger partial charge >= 0.3 is 12.0 Å². The molecule has 5 unspecified atom stereocenters. The van der Waals surface area contributed by atoms with Crippen molar-refractivity contribution in [2.45, 2.75) is 52.1 Å². The van der Waals surface area contributed by atoms with Gasteiger partial charge in [-0.2, -0.15) is 0 Å². The summed E-state index contributed by atoms with van der Waals surface area (Å²) in [4.78, 5) is 23.5. The molecule has 6 nitrogen and oxygen atoms in total. The standard InChI is InChI=1S/C15H26N2O4/c1-9-5-4-6-11(10(9)2)16-14(20)17-12-7-21-8-15(12,3)13(18)19/h9-12H,4-8H2,1-3H3,(H,18,19)(H2,16,17,20). The highest BCUT2D eigenvalue weighted by atomic mass is 16.5. The number of carbonyl (C=O) groups is 2. The third kappa shape index (κ3) is 3.31. The van der Waals surface area contributed by atoms with Gasteiger partial charge in [0.05, 0.1) is 19.3 Å². The second kappa shape index (κ2) is 6.22. The van der Waals surface area contributed by atoms with Gasteiger partial charge in [-0.15, -0.1) is 0 Å². The van der Waals surface area contributed by atoms with E-state index < -0.39 is 17.4 Å². The molecule has 1 saturated heterocycles. The summed E-state index contributed by atoms with van der Waals surface area (Å²) >= 11 is 0. The number of hydrogen-bond donors (Lipinski definition) is 3. The minimum absolute atomic E-state index is 0.129. The monoisotopic (exact) mass is 298 g/mol. The second-order valence-electron chi connectivity index (χ2n) is 6.78. The Hall–Kier alpha value is -1.30. The molecule has 3 N–H and O–H groups in total. The van der Waals surface area contributed by atoms with E-state index in [2.05, 4.69) is 24.5 Å². The van der Waals surface area contributed by atoms with Crippen LogP contribution in [0.3, 0.4) is 0 Å². The molecule has 0 aromatic heterocycles. The fraction of sp³-hybridized carbons (Fsp3) is 0.867. The Balaban J connectivity index is 1.91. The molecule has 1 saturated carbocycles. The number of carboxylic acids is 1. The van der Waals surface area contributed by atoms with Crippen LogP contribution in [0.5, 0.6) is 0 Å². The minimum atomic E-state index is -1.05. The number of carboxylic acid groups (broad SMARTS) is 1. The van der Waals surface area contributed by atoms with Crippen LogP contribution in [-0.2, 0) is 9.53 Å². The van der Waals surface area contributed by atoms with Gasteiger partial charge in [-0.05, 0) is 25.2 Å². The van der Waals surface area contributed by atoms with E-state index >= 15 is 0 Å². The van der Waals surface area contributed by atoms with Crippen LogP contribution in [0.25, 0.3) is 0 Å². The number of amides is 2. The first-order valence-electron chi connectivity index (χ1n) is 7.72. The Bertz CT molecular complexity index is 414. The number of nitrogens with one attached hydrogen (secondary N) is 2. The van der Waals surface area contributed by atoms with Crippen LogP contribution in [0, 0.1) is 17.3 Å². The van der Waals surface area contributed by atoms with Crippen molar-refractivity contribution in [1.29, 1.82) is 0 Å². The van der Waals surface area contributed by atoms with Gasteiger partial charge < -0.3 is 20.5 Å². The van der Waals surface area contributed by atoms with Crippen LogP contribution in [0.2, 0.25) is 0 Å². The van der Waals surface area contributed by atoms with Gasteiger partial charge in [-0.3, -0.25) is 4.79 Å². The zero-order chi connectivity index (χ0) is 15.6. The topological polar surface area (TPSA) is 87.7 Å². The van der Waals surface area contributed by atoms with Gasteiger partial charge in [0.25, 0.3) is 0 Å². The fourth-order valence-corrected chi connectivity index (χ4v) is 3.24. The van der Waals surface area contributed by atoms with Crippen LogP contribution in [0.1, 0.15) is 40.0 Å². The normalized spacial score (nSPS) is 39.8. The van der Waals surface area contributed by atoms with Crippen molar-refractivity contribution in [3.8, 4) is 0 Å². The highest BCUT2D eigenvalue weighted by Crippen LogP contribution is 2.30. The summed E-state index contributed by atoms with van der Waals surface area (Å²) in [5.41, 5.74) is -1.05. The molecule has 2 fully saturated rings. The van der Waals surface area contributed by atoms with E-state index in [0.29, 0.717) is 11.8 Å². The quantitative estimate of drug-likeness (QED) is 0.738. The second-order valence-corrected chi connectivity index (χ2v) is 6.78. The molecule has 0 spiro atoms. The predicted molar refractivity (Wildman–Crippen MR) is 78.0 cm³/mol. The number of rotatable bonds is 3. The molecule has 2 aliphatic rings. The Morgan fingerprint density at radius 2 is 1.95 bits per heavy atom. The van der Waals surface area contributed by atoms with Gasteiger partial charge in [-0.1, -0.05) is 26.7 Å². The molecule has 2 amide bonds. The summed E-state index contributed by atoms with van der Waals surface area (Å²) in [5.74, 6) is 0.100. The fourth-order valence-electron chi connectivity index (χ4n) is 3.24. The van der Waals surface area contributed by atoms with E-state index in [4.69, 9.17) is 4.74 Å². The van der Waals surface area contributed by atoms with Gasteiger partial charge in [-0.25, -0.2) is 4.79 Å². The molecule has 1 aliphatic carbocycles. The van der Waals surface area contributed by atoms with Gasteiger partial charge in [0, 0.05) is 6.04 Å². The average molecular weight is 298 g/mol. The van der Waals surface area contributed by atoms with Crippen molar-refractivity contribution >= 4 is 12.0 Å². The Kier molecular flexibility index (Phi) is 4.76. The molecule has 120 valence electrons. The van der Waals surface area contributed by atoms with E-state index in [1.165, 1.54) is 6.42 Å². The van der Waals surface area contributed by atoms with Crippen LogP contribution >= 0.6 is 0 Å². The highest BCUT2D eigenvalue weighted by molar-refractivity contribution is 5.79. The first kappa shape index (κ1) is 16.1. The maximum absolute atomic E-state index is 12.2. The Labute approximate surface area is 125 Å². The zero-order valence-corrected chi connectivity index (χ0v) is 13.0. The summed E-state index contributed by atoms with van der Waals surface area (Å²) < 4.78 is 5.24. The number of hydrogen-bond acceptors (Lipinski definition) is 3. The van der Waals surface area contributed by atoms with Crippen LogP contribution in [0.4, 0.5) is 4.79 Å². The number of carbonyl (C=O) groups excluding carboxylic acids is 1. The maximum Gasteiger partial charge on any atom is 0.315 e. The lowest BCUT2D eigenvalue weighted by molar-refractivity contribution is -0.148. The molecular formula is C15H26N2O4. The largest absolute Gasteiger partial charge is 0.481 e. The molecule has 6 heteroatoms. The van der Waals surface area contributed by atoms with E-state index in [1.807, 2.05) is 0 Å². The van der Waals surface area contributed by atoms with Crippen molar-refractivity contribution in [2.24, 2.45) is 17.3 Å². The van der Waals surface area contributed by atoms with Crippen LogP contribution in [0.15, 0.2) is 0 Å². The molecule has 0 aromatic carbocycles. The summed E-state index contributed by atoms with van der Waals surface area (Å²) in [6, 6.07) is -0.623. The molecule has 0 bridgehead atoms. The third-order valence-corrected chi connectivity index (χ3v) is 5.27. The summed E-state index contributed by atoms with van der Waals surface area (Å²) in [5, 5.41) is 15.1. The minimum Gasteiger partial charge on any atom is -0.481 e. The molecule has 0 radical (unpaired) electrons. The molecule has 1 heterocycles. The summed E-state index contributed by atoms with van der Waals surface area (Å²) in [6.07, 6.45) is 3.31. The molecule has 0 aromatic rings. The van der Waals surface area contributed by atoms with E-state index in [9.17, 15) is 14.7 Å². The molecular weight excluding hydrogens is 272 g/mol. The number of ether oxygens (including phenoxy) is 1. The number of urea groups is 1. The molecule has 2 rings (SSSR count). The van der Waals surface area contributed by atoms with Crippen molar-refractivity contribution in [1.82, 2.24) is 10.6 Å². The van der Waals surface area contributed by atoms with Crippen molar-refractivity contribution in [3.63, 3.8) is 0 Å². The van der Waals surface area contributed by atoms with Crippen molar-refractivity contribution in [2.75, 3.05) is 13.2 Å². The van der Waals surface area contributed by atoms with Crippen molar-refractivity contribution in [3.05, 3.63) is 0 Å². The maximum atomic E-state index is 12.2. The summed E-state index contributed by atoms with van der Waals surface area (Å²) in [6.45, 7) is 6.35. The average Bonchev–Trinajstić information content (AvgIpc) is 2.78. The van der Waals surface area contributed by atoms with E-state index in [1.54, 1.807) is 6.92 Å². The van der Waals surface area contributed by atoms with Crippen LogP contribution < -0.4 is 10.6 Å². The lowest BCUT2D eigenvalue weighted by Gasteiger charge is -2.35. The summed E-state index contributed by atoms with van der Waals surface area (Å²) in [7, 11) is 0. The lowest BCUT2D eigenvalue weighted by Crippen LogP contribution is -2.55. The number of aliphatic carboxylic acids is 1. The van der Waals surface area contributed by atoms with E-state index in [0.717, 1.165) is 12.8 Å². The lowest BCUT2D eigenvalue weighted by atomic mass is 9.78. The smallest absolute Gasteiger partial charge is 0.315 e. The predicted octanol–water partition coefficient (Wildman–Crippen LogP) is 1.60. The SMILES string of the molecule is CC1CCCC(NC(=O)NC2COCC2(C)C(=O)O)C1C. The Morgan fingerprint density at radius 3 is 2.62 bits per heavy atom. The molecule has 1 aliphatic heterocycles. The third-order valence-electron chi connectivity index (χ3n) is 5.27. The van der Waals surface area contributed by atoms with Crippen molar-refractivity contribution < 1.29 is 19.4 Å². The van der Waals surface area contributed by atoms with Gasteiger partial charge in [0.1, 0.15) is 5.41 Å². The van der Waals surface area contributed by atoms with Gasteiger partial charge in [0.15, 0.2) is 0 Å². The molecule has 21 heavy (non-hydrogen) atoms. The Morgan fingerprint density at radius 1 is 1.24 bits per heavy atom.